The fourth-order valence-corrected chi connectivity index (χ4v) is 4.04. The largest absolute Gasteiger partial charge is 0.461 e. The van der Waals surface area contributed by atoms with Gasteiger partial charge in [0, 0.05) is 20.2 Å². The van der Waals surface area contributed by atoms with Gasteiger partial charge in [-0.25, -0.2) is 13.2 Å². The van der Waals surface area contributed by atoms with Crippen molar-refractivity contribution in [1.29, 1.82) is 0 Å². The maximum Gasteiger partial charge on any atom is 0.173 e. The van der Waals surface area contributed by atoms with Gasteiger partial charge in [0.05, 0.1) is 13.2 Å². The summed E-state index contributed by atoms with van der Waals surface area (Å²) in [7, 11) is 1.61. The molecule has 0 amide bonds. The lowest BCUT2D eigenvalue weighted by molar-refractivity contribution is 0.0926. The Morgan fingerprint density at radius 1 is 0.800 bits per heavy atom. The molecule has 1 aromatic heterocycles. The summed E-state index contributed by atoms with van der Waals surface area (Å²) < 4.78 is 52.7. The summed E-state index contributed by atoms with van der Waals surface area (Å²) in [5, 5.41) is 11.8. The van der Waals surface area contributed by atoms with Gasteiger partial charge in [-0.2, -0.15) is 0 Å². The average Bonchev–Trinajstić information content (AvgIpc) is 3.32. The smallest absolute Gasteiger partial charge is 0.173 e. The zero-order valence-electron chi connectivity index (χ0n) is 19.3. The SMILES string of the molecule is COCCN(Cc1ccc(F)cc1)Cc1ccc(C(O)(c2cccc(F)c2)c2cccc(F)c2)o1. The summed E-state index contributed by atoms with van der Waals surface area (Å²) in [6.07, 6.45) is 0. The fraction of sp³-hybridized carbons (Fsp3) is 0.214. The second-order valence-corrected chi connectivity index (χ2v) is 8.33. The molecule has 7 heteroatoms. The number of benzene rings is 3. The van der Waals surface area contributed by atoms with E-state index in [1.165, 1.54) is 48.5 Å². The maximum absolute atomic E-state index is 14.1. The van der Waals surface area contributed by atoms with Gasteiger partial charge in [-0.05, 0) is 65.2 Å². The van der Waals surface area contributed by atoms with Crippen LogP contribution in [0.1, 0.15) is 28.2 Å². The Labute approximate surface area is 202 Å². The lowest BCUT2D eigenvalue weighted by Crippen LogP contribution is -2.29. The topological polar surface area (TPSA) is 45.8 Å². The lowest BCUT2D eigenvalue weighted by Gasteiger charge is -2.27. The summed E-state index contributed by atoms with van der Waals surface area (Å²) in [5.74, 6) is -0.688. The summed E-state index contributed by atoms with van der Waals surface area (Å²) in [6.45, 7) is 1.97. The van der Waals surface area contributed by atoms with Crippen LogP contribution >= 0.6 is 0 Å². The van der Waals surface area contributed by atoms with Crippen molar-refractivity contribution in [2.45, 2.75) is 18.7 Å². The Bertz CT molecular complexity index is 1210. The van der Waals surface area contributed by atoms with E-state index in [1.54, 1.807) is 43.5 Å². The van der Waals surface area contributed by atoms with Crippen LogP contribution in [-0.4, -0.2) is 30.3 Å². The van der Waals surface area contributed by atoms with Crippen molar-refractivity contribution >= 4 is 0 Å². The molecule has 0 saturated carbocycles. The highest BCUT2D eigenvalue weighted by atomic mass is 19.1. The van der Waals surface area contributed by atoms with Crippen molar-refractivity contribution < 1.29 is 27.4 Å². The minimum atomic E-state index is -1.91. The Balaban J connectivity index is 1.66. The molecule has 35 heavy (non-hydrogen) atoms. The van der Waals surface area contributed by atoms with Crippen molar-refractivity contribution in [3.05, 3.63) is 131 Å². The number of hydrogen-bond acceptors (Lipinski definition) is 4. The molecular formula is C28H26F3NO3. The molecule has 0 saturated heterocycles. The molecule has 0 aliphatic carbocycles. The van der Waals surface area contributed by atoms with Gasteiger partial charge in [-0.15, -0.1) is 0 Å². The van der Waals surface area contributed by atoms with Crippen LogP contribution in [0.15, 0.2) is 89.3 Å². The van der Waals surface area contributed by atoms with E-state index in [0.717, 1.165) is 5.56 Å². The van der Waals surface area contributed by atoms with Crippen LogP contribution < -0.4 is 0 Å². The van der Waals surface area contributed by atoms with E-state index in [-0.39, 0.29) is 22.7 Å². The van der Waals surface area contributed by atoms with Crippen molar-refractivity contribution in [1.82, 2.24) is 4.90 Å². The van der Waals surface area contributed by atoms with Crippen LogP contribution in [0.5, 0.6) is 0 Å². The quantitative estimate of drug-likeness (QED) is 0.319. The number of halogens is 3. The molecule has 4 nitrogen and oxygen atoms in total. The summed E-state index contributed by atoms with van der Waals surface area (Å²) in [4.78, 5) is 2.06. The van der Waals surface area contributed by atoms with Crippen molar-refractivity contribution in [2.75, 3.05) is 20.3 Å². The molecule has 0 aliphatic heterocycles. The van der Waals surface area contributed by atoms with Crippen LogP contribution in [0, 0.1) is 17.5 Å². The predicted octanol–water partition coefficient (Wildman–Crippen LogP) is 5.63. The minimum Gasteiger partial charge on any atom is -0.461 e. The average molecular weight is 482 g/mol. The first-order valence-electron chi connectivity index (χ1n) is 11.2. The summed E-state index contributed by atoms with van der Waals surface area (Å²) in [6, 6.07) is 20.6. The van der Waals surface area contributed by atoms with Crippen molar-refractivity contribution in [3.63, 3.8) is 0 Å². The molecule has 182 valence electrons. The highest BCUT2D eigenvalue weighted by molar-refractivity contribution is 5.44. The lowest BCUT2D eigenvalue weighted by atomic mass is 9.84. The van der Waals surface area contributed by atoms with Crippen LogP contribution in [0.25, 0.3) is 0 Å². The summed E-state index contributed by atoms with van der Waals surface area (Å²) >= 11 is 0. The molecule has 0 atom stereocenters. The molecule has 0 unspecified atom stereocenters. The third kappa shape index (κ3) is 5.82. The van der Waals surface area contributed by atoms with E-state index in [2.05, 4.69) is 4.90 Å². The Morgan fingerprint density at radius 3 is 2.00 bits per heavy atom. The fourth-order valence-electron chi connectivity index (χ4n) is 4.04. The highest BCUT2D eigenvalue weighted by Crippen LogP contribution is 2.38. The summed E-state index contributed by atoms with van der Waals surface area (Å²) in [5.41, 5.74) is -0.556. The van der Waals surface area contributed by atoms with Gasteiger partial charge >= 0.3 is 0 Å². The molecule has 0 spiro atoms. The molecule has 1 N–H and O–H groups in total. The zero-order valence-corrected chi connectivity index (χ0v) is 19.3. The van der Waals surface area contributed by atoms with E-state index in [9.17, 15) is 18.3 Å². The number of furan rings is 1. The van der Waals surface area contributed by atoms with E-state index >= 15 is 0 Å². The van der Waals surface area contributed by atoms with E-state index in [0.29, 0.717) is 32.0 Å². The Hall–Kier alpha value is -3.39. The minimum absolute atomic E-state index is 0.136. The maximum atomic E-state index is 14.1. The van der Waals surface area contributed by atoms with Crippen LogP contribution in [0.2, 0.25) is 0 Å². The highest BCUT2D eigenvalue weighted by Gasteiger charge is 2.38. The van der Waals surface area contributed by atoms with Crippen LogP contribution in [0.4, 0.5) is 13.2 Å². The third-order valence-corrected chi connectivity index (χ3v) is 5.81. The molecule has 0 radical (unpaired) electrons. The standard InChI is InChI=1S/C28H26F3NO3/c1-34-15-14-32(18-20-8-10-23(29)11-9-20)19-26-12-13-27(35-26)28(33,21-4-2-6-24(30)16-21)22-5-3-7-25(31)17-22/h2-13,16-17,33H,14-15,18-19H2,1H3. The number of methoxy groups -OCH3 is 1. The number of ether oxygens (including phenoxy) is 1. The van der Waals surface area contributed by atoms with Gasteiger partial charge in [0.15, 0.2) is 5.60 Å². The first-order valence-corrected chi connectivity index (χ1v) is 11.2. The molecule has 3 aromatic carbocycles. The van der Waals surface area contributed by atoms with Gasteiger partial charge < -0.3 is 14.3 Å². The number of aliphatic hydroxyl groups is 1. The van der Waals surface area contributed by atoms with Crippen LogP contribution in [0.3, 0.4) is 0 Å². The Kier molecular flexibility index (Phi) is 7.70. The molecule has 4 rings (SSSR count). The second kappa shape index (κ2) is 10.9. The van der Waals surface area contributed by atoms with E-state index in [1.807, 2.05) is 0 Å². The third-order valence-electron chi connectivity index (χ3n) is 5.81. The molecule has 0 fully saturated rings. The molecule has 4 aromatic rings. The van der Waals surface area contributed by atoms with Crippen molar-refractivity contribution in [2.24, 2.45) is 0 Å². The molecular weight excluding hydrogens is 455 g/mol. The predicted molar refractivity (Wildman–Crippen MR) is 126 cm³/mol. The van der Waals surface area contributed by atoms with Gasteiger partial charge in [0.1, 0.15) is 29.0 Å². The van der Waals surface area contributed by atoms with Gasteiger partial charge in [0.25, 0.3) is 0 Å². The van der Waals surface area contributed by atoms with Crippen molar-refractivity contribution in [3.8, 4) is 0 Å². The first-order chi connectivity index (χ1) is 16.9. The second-order valence-electron chi connectivity index (χ2n) is 8.33. The number of nitrogens with zero attached hydrogens (tertiary/aromatic N) is 1. The molecule has 1 heterocycles. The first kappa shape index (κ1) is 24.7. The van der Waals surface area contributed by atoms with Gasteiger partial charge in [-0.1, -0.05) is 36.4 Å². The molecule has 0 aliphatic rings. The monoisotopic (exact) mass is 481 g/mol. The van der Waals surface area contributed by atoms with Gasteiger partial charge in [-0.3, -0.25) is 4.90 Å². The van der Waals surface area contributed by atoms with Gasteiger partial charge in [0.2, 0.25) is 0 Å². The van der Waals surface area contributed by atoms with Crippen LogP contribution in [-0.2, 0) is 23.4 Å². The van der Waals surface area contributed by atoms with E-state index < -0.39 is 17.2 Å². The van der Waals surface area contributed by atoms with E-state index in [4.69, 9.17) is 9.15 Å². The number of rotatable bonds is 10. The normalized spacial score (nSPS) is 11.8. The number of hydrogen-bond donors (Lipinski definition) is 1. The Morgan fingerprint density at radius 2 is 1.43 bits per heavy atom. The molecule has 0 bridgehead atoms. The zero-order chi connectivity index (χ0) is 24.8.